The number of aryl methyl sites for hydroxylation is 2. The maximum atomic E-state index is 4.00. The summed E-state index contributed by atoms with van der Waals surface area (Å²) in [5.41, 5.74) is 5.83. The third-order valence-corrected chi connectivity index (χ3v) is 6.67. The third-order valence-electron chi connectivity index (χ3n) is 4.44. The normalized spacial score (nSPS) is 17.8. The molecule has 2 heteroatoms. The SMILES string of the molecule is Cc1cc(C(Br)C2(c3ccccc3)CC2)c(C)cc1Br. The van der Waals surface area contributed by atoms with E-state index in [0.717, 1.165) is 0 Å². The van der Waals surface area contributed by atoms with Crippen molar-refractivity contribution < 1.29 is 0 Å². The number of hydrogen-bond donors (Lipinski definition) is 0. The molecule has 0 aromatic heterocycles. The molecule has 0 heterocycles. The summed E-state index contributed by atoms with van der Waals surface area (Å²) in [6.07, 6.45) is 2.53. The Morgan fingerprint density at radius 2 is 1.65 bits per heavy atom. The van der Waals surface area contributed by atoms with Gasteiger partial charge in [0.15, 0.2) is 0 Å². The van der Waals surface area contributed by atoms with E-state index >= 15 is 0 Å². The Kier molecular flexibility index (Phi) is 3.81. The number of alkyl halides is 1. The molecule has 1 aliphatic rings. The quantitative estimate of drug-likeness (QED) is 0.542. The fraction of sp³-hybridized carbons (Fsp3) is 0.333. The zero-order valence-corrected chi connectivity index (χ0v) is 15.0. The second-order valence-corrected chi connectivity index (χ2v) is 7.61. The highest BCUT2D eigenvalue weighted by atomic mass is 79.9. The lowest BCUT2D eigenvalue weighted by Crippen LogP contribution is -2.14. The smallest absolute Gasteiger partial charge is 0.0494 e. The van der Waals surface area contributed by atoms with Gasteiger partial charge in [-0.1, -0.05) is 68.3 Å². The second kappa shape index (κ2) is 5.31. The van der Waals surface area contributed by atoms with E-state index in [-0.39, 0.29) is 5.41 Å². The molecule has 0 N–H and O–H groups in total. The molecule has 3 rings (SSSR count). The Labute approximate surface area is 137 Å². The van der Waals surface area contributed by atoms with Gasteiger partial charge >= 0.3 is 0 Å². The molecule has 0 saturated heterocycles. The van der Waals surface area contributed by atoms with E-state index in [4.69, 9.17) is 0 Å². The van der Waals surface area contributed by atoms with Crippen LogP contribution in [-0.2, 0) is 5.41 Å². The van der Waals surface area contributed by atoms with Gasteiger partial charge in [-0.05, 0) is 55.0 Å². The van der Waals surface area contributed by atoms with Gasteiger partial charge in [0, 0.05) is 14.7 Å². The summed E-state index contributed by atoms with van der Waals surface area (Å²) in [6.45, 7) is 4.36. The van der Waals surface area contributed by atoms with Crippen LogP contribution in [0.25, 0.3) is 0 Å². The molecule has 2 aromatic rings. The van der Waals surface area contributed by atoms with Crippen LogP contribution in [0.3, 0.4) is 0 Å². The first kappa shape index (κ1) is 14.3. The van der Waals surface area contributed by atoms with E-state index in [0.29, 0.717) is 4.83 Å². The Morgan fingerprint density at radius 1 is 1.00 bits per heavy atom. The van der Waals surface area contributed by atoms with Crippen LogP contribution in [0.1, 0.15) is 39.9 Å². The van der Waals surface area contributed by atoms with Crippen molar-refractivity contribution in [2.75, 3.05) is 0 Å². The lowest BCUT2D eigenvalue weighted by molar-refractivity contribution is 0.677. The minimum Gasteiger partial charge on any atom is -0.0829 e. The lowest BCUT2D eigenvalue weighted by atomic mass is 9.86. The maximum Gasteiger partial charge on any atom is 0.0494 e. The third kappa shape index (κ3) is 2.37. The Hall–Kier alpha value is -0.600. The van der Waals surface area contributed by atoms with Gasteiger partial charge in [-0.3, -0.25) is 0 Å². The second-order valence-electron chi connectivity index (χ2n) is 5.84. The largest absolute Gasteiger partial charge is 0.0829 e. The predicted octanol–water partition coefficient (Wildman–Crippen LogP) is 6.23. The van der Waals surface area contributed by atoms with Crippen molar-refractivity contribution in [3.8, 4) is 0 Å². The molecule has 0 spiro atoms. The van der Waals surface area contributed by atoms with Gasteiger partial charge in [0.2, 0.25) is 0 Å². The van der Waals surface area contributed by atoms with Crippen molar-refractivity contribution >= 4 is 31.9 Å². The standard InChI is InChI=1S/C18H18Br2/c1-12-11-16(19)13(2)10-15(12)17(20)18(8-9-18)14-6-4-3-5-7-14/h3-7,10-11,17H,8-9H2,1-2H3. The molecule has 1 atom stereocenters. The molecule has 1 saturated carbocycles. The first-order chi connectivity index (χ1) is 9.54. The zero-order valence-electron chi connectivity index (χ0n) is 11.8. The van der Waals surface area contributed by atoms with E-state index < -0.39 is 0 Å². The number of halogens is 2. The molecule has 20 heavy (non-hydrogen) atoms. The van der Waals surface area contributed by atoms with Crippen LogP contribution in [0.5, 0.6) is 0 Å². The average molecular weight is 394 g/mol. The molecule has 1 fully saturated rings. The Bertz CT molecular complexity index is 627. The summed E-state index contributed by atoms with van der Waals surface area (Å²) < 4.78 is 1.20. The molecular weight excluding hydrogens is 376 g/mol. The number of hydrogen-bond acceptors (Lipinski definition) is 0. The van der Waals surface area contributed by atoms with Crippen molar-refractivity contribution in [2.24, 2.45) is 0 Å². The van der Waals surface area contributed by atoms with Crippen molar-refractivity contribution in [2.45, 2.75) is 36.9 Å². The molecule has 0 aliphatic heterocycles. The van der Waals surface area contributed by atoms with Crippen LogP contribution in [0.15, 0.2) is 46.9 Å². The summed E-state index contributed by atoms with van der Waals surface area (Å²) in [6, 6.07) is 15.5. The molecule has 1 aliphatic carbocycles. The summed E-state index contributed by atoms with van der Waals surface area (Å²) in [5.74, 6) is 0. The van der Waals surface area contributed by atoms with Crippen molar-refractivity contribution in [1.29, 1.82) is 0 Å². The van der Waals surface area contributed by atoms with E-state index in [1.807, 2.05) is 0 Å². The molecule has 104 valence electrons. The minimum atomic E-state index is 0.284. The van der Waals surface area contributed by atoms with Crippen molar-refractivity contribution in [3.05, 3.63) is 69.2 Å². The fourth-order valence-electron chi connectivity index (χ4n) is 2.97. The predicted molar refractivity (Wildman–Crippen MR) is 92.6 cm³/mol. The van der Waals surface area contributed by atoms with Gasteiger partial charge in [0.1, 0.15) is 0 Å². The van der Waals surface area contributed by atoms with E-state index in [1.165, 1.54) is 39.6 Å². The summed E-state index contributed by atoms with van der Waals surface area (Å²) in [5, 5.41) is 0. The van der Waals surface area contributed by atoms with Gasteiger partial charge in [-0.2, -0.15) is 0 Å². The first-order valence-corrected chi connectivity index (χ1v) is 8.72. The number of benzene rings is 2. The van der Waals surface area contributed by atoms with E-state index in [2.05, 4.69) is 88.2 Å². The van der Waals surface area contributed by atoms with E-state index in [1.54, 1.807) is 0 Å². The topological polar surface area (TPSA) is 0 Å². The highest BCUT2D eigenvalue weighted by Crippen LogP contribution is 2.60. The highest BCUT2D eigenvalue weighted by molar-refractivity contribution is 9.10. The molecular formula is C18H18Br2. The Morgan fingerprint density at radius 3 is 2.25 bits per heavy atom. The molecule has 2 aromatic carbocycles. The van der Waals surface area contributed by atoms with Gasteiger partial charge in [-0.25, -0.2) is 0 Å². The monoisotopic (exact) mass is 392 g/mol. The van der Waals surface area contributed by atoms with Crippen LogP contribution in [0.4, 0.5) is 0 Å². The molecule has 0 nitrogen and oxygen atoms in total. The van der Waals surface area contributed by atoms with Crippen molar-refractivity contribution in [1.82, 2.24) is 0 Å². The first-order valence-electron chi connectivity index (χ1n) is 7.01. The van der Waals surface area contributed by atoms with E-state index in [9.17, 15) is 0 Å². The highest BCUT2D eigenvalue weighted by Gasteiger charge is 2.50. The van der Waals surface area contributed by atoms with Crippen LogP contribution in [0.2, 0.25) is 0 Å². The number of rotatable bonds is 3. The van der Waals surface area contributed by atoms with Crippen LogP contribution in [0, 0.1) is 13.8 Å². The van der Waals surface area contributed by atoms with Gasteiger partial charge < -0.3 is 0 Å². The van der Waals surface area contributed by atoms with Crippen molar-refractivity contribution in [3.63, 3.8) is 0 Å². The molecule has 0 amide bonds. The lowest BCUT2D eigenvalue weighted by Gasteiger charge is -2.25. The van der Waals surface area contributed by atoms with Gasteiger partial charge in [0.25, 0.3) is 0 Å². The van der Waals surface area contributed by atoms with Crippen LogP contribution in [-0.4, -0.2) is 0 Å². The van der Waals surface area contributed by atoms with Gasteiger partial charge in [-0.15, -0.1) is 0 Å². The van der Waals surface area contributed by atoms with Crippen LogP contribution >= 0.6 is 31.9 Å². The summed E-state index contributed by atoms with van der Waals surface area (Å²) >= 11 is 7.63. The van der Waals surface area contributed by atoms with Gasteiger partial charge in [0.05, 0.1) is 0 Å². The molecule has 0 radical (unpaired) electrons. The zero-order chi connectivity index (χ0) is 14.3. The maximum absolute atomic E-state index is 4.00. The molecule has 0 bridgehead atoms. The van der Waals surface area contributed by atoms with Crippen LogP contribution < -0.4 is 0 Å². The summed E-state index contributed by atoms with van der Waals surface area (Å²) in [4.78, 5) is 0.393. The molecule has 1 unspecified atom stereocenters. The fourth-order valence-corrected chi connectivity index (χ4v) is 4.64. The summed E-state index contributed by atoms with van der Waals surface area (Å²) in [7, 11) is 0. The Balaban J connectivity index is 2.01. The minimum absolute atomic E-state index is 0.284. The average Bonchev–Trinajstić information content (AvgIpc) is 3.25.